The zero-order valence-corrected chi connectivity index (χ0v) is 31.5. The summed E-state index contributed by atoms with van der Waals surface area (Å²) in [5, 5.41) is 9.09. The standard InChI is InChI=1S/C41H45N5O11/c1-4-22-51-39(50)31(20-21-33(47)52-23-28-14-8-5-9-15-28)44-37(48)26(2)43-38(49)27(3)55-36-34(45-46-42)41(53-24-29-16-10-6-11-17-29)56-32-25-54-40(57-35(32)36)30-18-12-7-13-19-30/h1,5-19,26-27,31-32,34-36,40-41H,20-25H2,2-3H3,(H,43,49)(H,44,48)/t26-,27+,31+,32+,34+,35+,36+,40+,41-/m0/s1. The zero-order chi connectivity index (χ0) is 40.6. The Hall–Kier alpha value is -5.79. The molecular weight excluding hydrogens is 738 g/mol. The minimum atomic E-state index is -1.28. The molecule has 0 aromatic heterocycles. The molecule has 0 spiro atoms. The van der Waals surface area contributed by atoms with Crippen molar-refractivity contribution in [3.8, 4) is 12.3 Å². The van der Waals surface area contributed by atoms with Crippen molar-refractivity contribution >= 4 is 23.8 Å². The Bertz CT molecular complexity index is 1870. The van der Waals surface area contributed by atoms with Crippen molar-refractivity contribution in [3.05, 3.63) is 118 Å². The van der Waals surface area contributed by atoms with Gasteiger partial charge in [-0.1, -0.05) is 102 Å². The Morgan fingerprint density at radius 2 is 1.54 bits per heavy atom. The largest absolute Gasteiger partial charge is 0.461 e. The molecule has 3 aromatic carbocycles. The molecule has 2 saturated heterocycles. The quantitative estimate of drug-likeness (QED) is 0.0615. The van der Waals surface area contributed by atoms with E-state index in [9.17, 15) is 24.7 Å². The summed E-state index contributed by atoms with van der Waals surface area (Å²) in [5.41, 5.74) is 12.0. The van der Waals surface area contributed by atoms with Crippen LogP contribution in [0.4, 0.5) is 0 Å². The van der Waals surface area contributed by atoms with Crippen molar-refractivity contribution in [2.24, 2.45) is 5.11 Å². The lowest BCUT2D eigenvalue weighted by Gasteiger charge is -2.48. The lowest BCUT2D eigenvalue weighted by Crippen LogP contribution is -2.63. The number of esters is 2. The Morgan fingerprint density at radius 1 is 0.895 bits per heavy atom. The molecule has 0 radical (unpaired) electrons. The van der Waals surface area contributed by atoms with Gasteiger partial charge in [-0.25, -0.2) is 4.79 Å². The van der Waals surface area contributed by atoms with E-state index in [1.807, 2.05) is 78.9 Å². The second-order valence-electron chi connectivity index (χ2n) is 13.2. The Labute approximate surface area is 330 Å². The maximum absolute atomic E-state index is 13.6. The number of nitrogens with zero attached hydrogens (tertiary/aromatic N) is 3. The zero-order valence-electron chi connectivity index (χ0n) is 31.5. The van der Waals surface area contributed by atoms with Gasteiger partial charge in [-0.3, -0.25) is 14.4 Å². The number of benzene rings is 3. The second kappa shape index (κ2) is 21.5. The molecule has 0 saturated carbocycles. The topological polar surface area (TPSA) is 206 Å². The average Bonchev–Trinajstić information content (AvgIpc) is 3.24. The SMILES string of the molecule is C#CCOC(=O)[C@@H](CCC(=O)OCc1ccccc1)NC(=O)[C@H](C)NC(=O)[C@@H](C)O[C@@H]1[C@@H](N=[N+]=[N-])[C@@H](OCc2ccccc2)O[C@@H]2CO[C@@H](c3ccccc3)O[C@@H]12. The van der Waals surface area contributed by atoms with Crippen molar-refractivity contribution < 1.29 is 52.3 Å². The molecule has 16 nitrogen and oxygen atoms in total. The van der Waals surface area contributed by atoms with Crippen LogP contribution in [0.2, 0.25) is 0 Å². The fraction of sp³-hybridized carbons (Fsp3) is 0.415. The number of hydrogen-bond donors (Lipinski definition) is 2. The van der Waals surface area contributed by atoms with E-state index in [0.717, 1.165) is 16.7 Å². The van der Waals surface area contributed by atoms with Crippen molar-refractivity contribution in [3.63, 3.8) is 0 Å². The monoisotopic (exact) mass is 783 g/mol. The minimum absolute atomic E-state index is 0.0370. The van der Waals surface area contributed by atoms with Gasteiger partial charge < -0.3 is 43.8 Å². The van der Waals surface area contributed by atoms with E-state index in [2.05, 4.69) is 26.6 Å². The van der Waals surface area contributed by atoms with Crippen molar-refractivity contribution in [1.29, 1.82) is 0 Å². The van der Waals surface area contributed by atoms with Crippen LogP contribution in [0.3, 0.4) is 0 Å². The third-order valence-electron chi connectivity index (χ3n) is 9.08. The number of carbonyl (C=O) groups excluding carboxylic acids is 4. The Balaban J connectivity index is 1.24. The first-order chi connectivity index (χ1) is 27.7. The molecule has 300 valence electrons. The number of azide groups is 1. The summed E-state index contributed by atoms with van der Waals surface area (Å²) in [6, 6.07) is 24.0. The van der Waals surface area contributed by atoms with E-state index in [0.29, 0.717) is 0 Å². The van der Waals surface area contributed by atoms with Crippen LogP contribution in [-0.2, 0) is 65.5 Å². The van der Waals surface area contributed by atoms with Crippen LogP contribution in [0.5, 0.6) is 0 Å². The summed E-state index contributed by atoms with van der Waals surface area (Å²) >= 11 is 0. The highest BCUT2D eigenvalue weighted by molar-refractivity contribution is 5.91. The van der Waals surface area contributed by atoms with Gasteiger partial charge in [-0.2, -0.15) is 0 Å². The molecular formula is C41H45N5O11. The summed E-state index contributed by atoms with van der Waals surface area (Å²) in [6.45, 7) is 2.75. The third kappa shape index (κ3) is 12.3. The lowest BCUT2D eigenvalue weighted by molar-refractivity contribution is -0.349. The van der Waals surface area contributed by atoms with E-state index < -0.39 is 78.9 Å². The summed E-state index contributed by atoms with van der Waals surface area (Å²) in [4.78, 5) is 55.2. The number of carbonyl (C=O) groups is 4. The minimum Gasteiger partial charge on any atom is -0.461 e. The van der Waals surface area contributed by atoms with E-state index in [1.165, 1.54) is 13.8 Å². The van der Waals surface area contributed by atoms with Crippen LogP contribution in [-0.4, -0.2) is 85.8 Å². The lowest BCUT2D eigenvalue weighted by atomic mass is 9.95. The normalized spacial score (nSPS) is 22.8. The molecule has 0 aliphatic carbocycles. The molecule has 3 aromatic rings. The van der Waals surface area contributed by atoms with Crippen molar-refractivity contribution in [2.45, 2.75) is 95.0 Å². The number of nitrogens with one attached hydrogen (secondary N) is 2. The van der Waals surface area contributed by atoms with Crippen molar-refractivity contribution in [1.82, 2.24) is 10.6 Å². The highest BCUT2D eigenvalue weighted by atomic mass is 16.8. The molecule has 0 unspecified atom stereocenters. The van der Waals surface area contributed by atoms with Crippen LogP contribution in [0.15, 0.2) is 96.1 Å². The second-order valence-corrected chi connectivity index (χ2v) is 13.2. The van der Waals surface area contributed by atoms with E-state index in [-0.39, 0.29) is 39.3 Å². The van der Waals surface area contributed by atoms with Gasteiger partial charge in [0.15, 0.2) is 19.2 Å². The smallest absolute Gasteiger partial charge is 0.329 e. The summed E-state index contributed by atoms with van der Waals surface area (Å²) < 4.78 is 41.3. The predicted octanol–water partition coefficient (Wildman–Crippen LogP) is 4.18. The fourth-order valence-electron chi connectivity index (χ4n) is 6.09. The summed E-state index contributed by atoms with van der Waals surface area (Å²) in [6.07, 6.45) is -0.961. The molecule has 2 heterocycles. The van der Waals surface area contributed by atoms with E-state index >= 15 is 0 Å². The number of rotatable bonds is 18. The first kappa shape index (κ1) is 42.4. The molecule has 2 amide bonds. The molecule has 2 N–H and O–H groups in total. The van der Waals surface area contributed by atoms with Crippen LogP contribution in [0, 0.1) is 12.3 Å². The van der Waals surface area contributed by atoms with Gasteiger partial charge in [0, 0.05) is 16.9 Å². The van der Waals surface area contributed by atoms with Crippen LogP contribution >= 0.6 is 0 Å². The van der Waals surface area contributed by atoms with Crippen molar-refractivity contribution in [2.75, 3.05) is 13.2 Å². The molecule has 5 rings (SSSR count). The maximum Gasteiger partial charge on any atom is 0.329 e. The molecule has 2 fully saturated rings. The van der Waals surface area contributed by atoms with E-state index in [1.54, 1.807) is 12.1 Å². The van der Waals surface area contributed by atoms with Crippen LogP contribution in [0.25, 0.3) is 10.4 Å². The summed E-state index contributed by atoms with van der Waals surface area (Å²) in [7, 11) is 0. The number of fused-ring (bicyclic) bond motifs is 1. The number of ether oxygens (including phenoxy) is 7. The fourth-order valence-corrected chi connectivity index (χ4v) is 6.09. The van der Waals surface area contributed by atoms with Gasteiger partial charge in [-0.05, 0) is 36.9 Å². The van der Waals surface area contributed by atoms with Crippen LogP contribution in [0.1, 0.15) is 49.7 Å². The highest BCUT2D eigenvalue weighted by Gasteiger charge is 2.52. The predicted molar refractivity (Wildman–Crippen MR) is 202 cm³/mol. The van der Waals surface area contributed by atoms with Gasteiger partial charge in [-0.15, -0.1) is 6.42 Å². The number of amides is 2. The number of hydrogen-bond acceptors (Lipinski definition) is 12. The highest BCUT2D eigenvalue weighted by Crippen LogP contribution is 2.37. The third-order valence-corrected chi connectivity index (χ3v) is 9.08. The molecule has 2 aliphatic rings. The first-order valence-electron chi connectivity index (χ1n) is 18.4. The van der Waals surface area contributed by atoms with Gasteiger partial charge in [0.2, 0.25) is 11.8 Å². The van der Waals surface area contributed by atoms with Gasteiger partial charge >= 0.3 is 11.9 Å². The van der Waals surface area contributed by atoms with Crippen LogP contribution < -0.4 is 10.6 Å². The van der Waals surface area contributed by atoms with E-state index in [4.69, 9.17) is 39.6 Å². The van der Waals surface area contributed by atoms with Gasteiger partial charge in [0.05, 0.1) is 13.2 Å². The molecule has 9 atom stereocenters. The molecule has 57 heavy (non-hydrogen) atoms. The first-order valence-corrected chi connectivity index (χ1v) is 18.4. The van der Waals surface area contributed by atoms with Gasteiger partial charge in [0.1, 0.15) is 49.1 Å². The Kier molecular flexibility index (Phi) is 16.0. The summed E-state index contributed by atoms with van der Waals surface area (Å²) in [5.74, 6) is -0.725. The Morgan fingerprint density at radius 3 is 2.19 bits per heavy atom. The molecule has 2 aliphatic heterocycles. The average molecular weight is 784 g/mol. The maximum atomic E-state index is 13.6. The molecule has 16 heteroatoms. The molecule has 0 bridgehead atoms. The number of terminal acetylenes is 1. The van der Waals surface area contributed by atoms with Gasteiger partial charge in [0.25, 0.3) is 0 Å².